The predicted molar refractivity (Wildman–Crippen MR) is 131 cm³/mol. The van der Waals surface area contributed by atoms with E-state index in [9.17, 15) is 14.7 Å². The van der Waals surface area contributed by atoms with Gasteiger partial charge in [0.1, 0.15) is 0 Å². The topological polar surface area (TPSA) is 124 Å². The van der Waals surface area contributed by atoms with Gasteiger partial charge in [-0.05, 0) is 19.1 Å². The van der Waals surface area contributed by atoms with Gasteiger partial charge in [0.2, 0.25) is 11.8 Å². The summed E-state index contributed by atoms with van der Waals surface area (Å²) in [6.45, 7) is 11.1. The van der Waals surface area contributed by atoms with Crippen LogP contribution in [0.15, 0.2) is 71.7 Å². The van der Waals surface area contributed by atoms with E-state index in [0.717, 1.165) is 0 Å². The molecule has 0 heterocycles. The van der Waals surface area contributed by atoms with Crippen molar-refractivity contribution < 1.29 is 29.3 Å². The predicted octanol–water partition coefficient (Wildman–Crippen LogP) is 1.85. The van der Waals surface area contributed by atoms with Crippen LogP contribution in [0.3, 0.4) is 0 Å². The number of hydrogen-bond acceptors (Lipinski definition) is 8. The minimum absolute atomic E-state index is 0.110. The van der Waals surface area contributed by atoms with Gasteiger partial charge in [-0.1, -0.05) is 24.8 Å². The molecule has 0 saturated heterocycles. The van der Waals surface area contributed by atoms with Gasteiger partial charge in [-0.3, -0.25) is 9.59 Å². The van der Waals surface area contributed by atoms with E-state index in [1.165, 1.54) is 34.2 Å². The highest BCUT2D eigenvalue weighted by Crippen LogP contribution is 2.01. The molecule has 190 valence electrons. The Hall–Kier alpha value is -2.92. The van der Waals surface area contributed by atoms with Crippen molar-refractivity contribution in [3.63, 3.8) is 0 Å². The van der Waals surface area contributed by atoms with E-state index in [1.807, 2.05) is 6.92 Å². The van der Waals surface area contributed by atoms with Crippen molar-refractivity contribution in [2.75, 3.05) is 65.8 Å². The molecule has 0 radical (unpaired) electrons. The maximum atomic E-state index is 12.4. The molecule has 0 aliphatic rings. The molecule has 0 aromatic rings. The Bertz CT molecular complexity index is 718. The van der Waals surface area contributed by atoms with Crippen LogP contribution in [0.2, 0.25) is 0 Å². The molecule has 2 N–H and O–H groups in total. The van der Waals surface area contributed by atoms with Crippen LogP contribution in [0, 0.1) is 0 Å². The maximum Gasteiger partial charge on any atom is 0.246 e. The fourth-order valence-corrected chi connectivity index (χ4v) is 2.50. The number of allylic oxidation sites excluding steroid dienone is 4. The van der Waals surface area contributed by atoms with Crippen molar-refractivity contribution in [2.24, 2.45) is 10.2 Å². The molecule has 0 spiro atoms. The summed E-state index contributed by atoms with van der Waals surface area (Å²) in [5, 5.41) is 26.0. The second-order valence-electron chi connectivity index (χ2n) is 6.72. The monoisotopic (exact) mass is 478 g/mol. The number of aliphatic hydroxyl groups excluding tert-OH is 2. The van der Waals surface area contributed by atoms with Gasteiger partial charge < -0.3 is 29.5 Å². The Kier molecular flexibility index (Phi) is 20.0. The molecule has 0 aromatic heterocycles. The molecule has 0 aliphatic heterocycles. The number of aliphatic hydroxyl groups is 2. The van der Waals surface area contributed by atoms with Crippen LogP contribution in [0.4, 0.5) is 0 Å². The first-order valence-corrected chi connectivity index (χ1v) is 11.1. The van der Waals surface area contributed by atoms with Crippen LogP contribution in [0.5, 0.6) is 0 Å². The second-order valence-corrected chi connectivity index (χ2v) is 6.72. The van der Waals surface area contributed by atoms with Crippen molar-refractivity contribution in [2.45, 2.75) is 13.3 Å². The normalized spacial score (nSPS) is 12.0. The molecule has 2 amide bonds. The van der Waals surface area contributed by atoms with Crippen LogP contribution in [0.1, 0.15) is 13.3 Å². The number of carbonyl (C=O) groups is 2. The quantitative estimate of drug-likeness (QED) is 0.0905. The number of azo groups is 1. The Labute approximate surface area is 202 Å². The summed E-state index contributed by atoms with van der Waals surface area (Å²) in [4.78, 5) is 27.2. The van der Waals surface area contributed by atoms with Gasteiger partial charge in [0.05, 0.1) is 45.3 Å². The molecule has 34 heavy (non-hydrogen) atoms. The lowest BCUT2D eigenvalue weighted by Gasteiger charge is -2.21. The number of amides is 2. The summed E-state index contributed by atoms with van der Waals surface area (Å²) in [6.07, 6.45) is 11.1. The van der Waals surface area contributed by atoms with Gasteiger partial charge in [-0.25, -0.2) is 0 Å². The first kappa shape index (κ1) is 31.1. The van der Waals surface area contributed by atoms with Crippen LogP contribution >= 0.6 is 0 Å². The van der Waals surface area contributed by atoms with E-state index in [-0.39, 0.29) is 51.1 Å². The number of nitrogens with zero attached hydrogens (tertiary/aromatic N) is 4. The molecule has 0 aromatic carbocycles. The molecule has 0 unspecified atom stereocenters. The van der Waals surface area contributed by atoms with Crippen LogP contribution < -0.4 is 0 Å². The maximum absolute atomic E-state index is 12.4. The van der Waals surface area contributed by atoms with E-state index in [4.69, 9.17) is 14.6 Å². The van der Waals surface area contributed by atoms with Crippen molar-refractivity contribution in [3.05, 3.63) is 61.5 Å². The third-order valence-electron chi connectivity index (χ3n) is 4.21. The Balaban J connectivity index is 4.32. The third-order valence-corrected chi connectivity index (χ3v) is 4.21. The highest BCUT2D eigenvalue weighted by Gasteiger charge is 2.11. The van der Waals surface area contributed by atoms with E-state index in [0.29, 0.717) is 38.6 Å². The van der Waals surface area contributed by atoms with E-state index < -0.39 is 0 Å². The van der Waals surface area contributed by atoms with E-state index in [2.05, 4.69) is 23.4 Å². The van der Waals surface area contributed by atoms with Crippen LogP contribution in [0.25, 0.3) is 0 Å². The molecular weight excluding hydrogens is 440 g/mol. The molecule has 0 atom stereocenters. The lowest BCUT2D eigenvalue weighted by Crippen LogP contribution is -2.36. The van der Waals surface area contributed by atoms with Crippen LogP contribution in [-0.4, -0.2) is 97.6 Å². The SMILES string of the molecule is C=CCC(=O)N(CCO)CCOCCOCCN(CCO)C(=O)/C=C/C=C(C=C)/N=N\C=C\C. The lowest BCUT2D eigenvalue weighted by atomic mass is 10.3. The zero-order chi connectivity index (χ0) is 25.4. The average Bonchev–Trinajstić information content (AvgIpc) is 2.83. The molecular formula is C24H38N4O6. The first-order valence-electron chi connectivity index (χ1n) is 11.1. The van der Waals surface area contributed by atoms with Gasteiger partial charge in [-0.15, -0.1) is 6.58 Å². The van der Waals surface area contributed by atoms with Crippen molar-refractivity contribution in [1.29, 1.82) is 0 Å². The van der Waals surface area contributed by atoms with E-state index >= 15 is 0 Å². The summed E-state index contributed by atoms with van der Waals surface area (Å²) < 4.78 is 11.0. The zero-order valence-corrected chi connectivity index (χ0v) is 20.1. The highest BCUT2D eigenvalue weighted by molar-refractivity contribution is 5.87. The highest BCUT2D eigenvalue weighted by atomic mass is 16.5. The molecule has 10 heteroatoms. The second kappa shape index (κ2) is 21.9. The molecule has 0 bridgehead atoms. The molecule has 10 nitrogen and oxygen atoms in total. The van der Waals surface area contributed by atoms with Gasteiger partial charge in [0.15, 0.2) is 0 Å². The summed E-state index contributed by atoms with van der Waals surface area (Å²) in [5.74, 6) is -0.382. The molecule has 0 rings (SSSR count). The van der Waals surface area contributed by atoms with Gasteiger partial charge in [0.25, 0.3) is 0 Å². The number of hydrogen-bond donors (Lipinski definition) is 2. The van der Waals surface area contributed by atoms with E-state index in [1.54, 1.807) is 18.2 Å². The number of carbonyl (C=O) groups excluding carboxylic acids is 2. The molecule has 0 aliphatic carbocycles. The minimum Gasteiger partial charge on any atom is -0.395 e. The van der Waals surface area contributed by atoms with Crippen LogP contribution in [-0.2, 0) is 19.1 Å². The van der Waals surface area contributed by atoms with Gasteiger partial charge in [0, 0.05) is 44.9 Å². The fraction of sp³-hybridized carbons (Fsp3) is 0.500. The molecule has 0 saturated carbocycles. The third kappa shape index (κ3) is 15.8. The zero-order valence-electron chi connectivity index (χ0n) is 20.1. The standard InChI is InChI=1S/C24H38N4O6/c1-4-8-23(31)27(12-16-29)14-18-33-20-21-34-19-15-28(13-17-30)24(32)10-7-9-22(6-3)26-25-11-5-2/h4-7,9-11,29-30H,1,3,8,12-21H2,2H3/b10-7+,11-5+,22-9+,26-25-. The fourth-order valence-electron chi connectivity index (χ4n) is 2.50. The largest absolute Gasteiger partial charge is 0.395 e. The van der Waals surface area contributed by atoms with Crippen molar-refractivity contribution >= 4 is 11.8 Å². The average molecular weight is 479 g/mol. The smallest absolute Gasteiger partial charge is 0.246 e. The summed E-state index contributed by atoms with van der Waals surface area (Å²) in [5.41, 5.74) is 0.503. The Morgan fingerprint density at radius 2 is 1.56 bits per heavy atom. The van der Waals surface area contributed by atoms with Gasteiger partial charge in [-0.2, -0.15) is 10.2 Å². The Morgan fingerprint density at radius 1 is 0.941 bits per heavy atom. The lowest BCUT2D eigenvalue weighted by molar-refractivity contribution is -0.131. The summed E-state index contributed by atoms with van der Waals surface area (Å²) >= 11 is 0. The van der Waals surface area contributed by atoms with Crippen molar-refractivity contribution in [1.82, 2.24) is 9.80 Å². The minimum atomic E-state index is -0.271. The van der Waals surface area contributed by atoms with Crippen molar-refractivity contribution in [3.8, 4) is 0 Å². The summed E-state index contributed by atoms with van der Waals surface area (Å²) in [6, 6.07) is 0. The first-order chi connectivity index (χ1) is 16.5. The van der Waals surface area contributed by atoms with Gasteiger partial charge >= 0.3 is 0 Å². The number of ether oxygens (including phenoxy) is 2. The number of rotatable bonds is 20. The Morgan fingerprint density at radius 3 is 2.12 bits per heavy atom. The molecule has 0 fully saturated rings. The summed E-state index contributed by atoms with van der Waals surface area (Å²) in [7, 11) is 0.